The zero-order valence-corrected chi connectivity index (χ0v) is 5.72. The average molecular weight is 135 g/mol. The van der Waals surface area contributed by atoms with E-state index >= 15 is 0 Å². The van der Waals surface area contributed by atoms with Crippen LogP contribution in [0.1, 0.15) is 6.92 Å². The van der Waals surface area contributed by atoms with Crippen LogP contribution in [0.4, 0.5) is 0 Å². The molecule has 0 heterocycles. The Balaban J connectivity index is 0. The van der Waals surface area contributed by atoms with Crippen molar-refractivity contribution in [3.63, 3.8) is 0 Å². The van der Waals surface area contributed by atoms with Crippen molar-refractivity contribution in [3.05, 3.63) is 0 Å². The Bertz CT molecular complexity index is 59.2. The SMILES string of the molecule is CC(=O)O.CNCCO. The van der Waals surface area contributed by atoms with Gasteiger partial charge >= 0.3 is 0 Å². The third kappa shape index (κ3) is 111. The van der Waals surface area contributed by atoms with Crippen LogP contribution >= 0.6 is 0 Å². The monoisotopic (exact) mass is 135 g/mol. The van der Waals surface area contributed by atoms with E-state index in [2.05, 4.69) is 5.32 Å². The van der Waals surface area contributed by atoms with E-state index in [1.165, 1.54) is 0 Å². The molecule has 0 aliphatic rings. The van der Waals surface area contributed by atoms with Crippen LogP contribution in [0.5, 0.6) is 0 Å². The molecule has 0 bridgehead atoms. The van der Waals surface area contributed by atoms with Crippen LogP contribution in [0.3, 0.4) is 0 Å². The van der Waals surface area contributed by atoms with Gasteiger partial charge in [0, 0.05) is 13.5 Å². The zero-order chi connectivity index (χ0) is 7.70. The molecular formula is C5H13NO3. The molecule has 56 valence electrons. The maximum atomic E-state index is 9.00. The van der Waals surface area contributed by atoms with Crippen molar-refractivity contribution in [2.75, 3.05) is 20.2 Å². The van der Waals surface area contributed by atoms with E-state index in [9.17, 15) is 0 Å². The summed E-state index contributed by atoms with van der Waals surface area (Å²) < 4.78 is 0. The fourth-order valence-corrected chi connectivity index (χ4v) is 0.112. The molecule has 0 amide bonds. The van der Waals surface area contributed by atoms with Crippen molar-refractivity contribution in [3.8, 4) is 0 Å². The Hall–Kier alpha value is -0.610. The summed E-state index contributed by atoms with van der Waals surface area (Å²) in [5.41, 5.74) is 0. The smallest absolute Gasteiger partial charge is 0.300 e. The number of carboxylic acids is 1. The Morgan fingerprint density at radius 3 is 2.00 bits per heavy atom. The molecule has 4 heteroatoms. The second-order valence-electron chi connectivity index (χ2n) is 1.35. The van der Waals surface area contributed by atoms with E-state index in [0.717, 1.165) is 6.92 Å². The molecule has 0 saturated carbocycles. The lowest BCUT2D eigenvalue weighted by molar-refractivity contribution is -0.134. The lowest BCUT2D eigenvalue weighted by Crippen LogP contribution is -2.10. The Kier molecular flexibility index (Phi) is 13.0. The van der Waals surface area contributed by atoms with Gasteiger partial charge in [-0.2, -0.15) is 0 Å². The summed E-state index contributed by atoms with van der Waals surface area (Å²) in [4.78, 5) is 9.00. The number of hydrogen-bond acceptors (Lipinski definition) is 3. The molecule has 0 atom stereocenters. The molecule has 0 saturated heterocycles. The van der Waals surface area contributed by atoms with Gasteiger partial charge in [-0.1, -0.05) is 0 Å². The van der Waals surface area contributed by atoms with Crippen LogP contribution in [0.15, 0.2) is 0 Å². The second kappa shape index (κ2) is 10.4. The largest absolute Gasteiger partial charge is 0.481 e. The third-order valence-electron chi connectivity index (χ3n) is 0.362. The van der Waals surface area contributed by atoms with Crippen LogP contribution in [-0.2, 0) is 4.79 Å². The average Bonchev–Trinajstić information content (AvgIpc) is 1.66. The van der Waals surface area contributed by atoms with Crippen molar-refractivity contribution in [2.45, 2.75) is 6.92 Å². The lowest BCUT2D eigenvalue weighted by atomic mass is 10.7. The Morgan fingerprint density at radius 1 is 1.67 bits per heavy atom. The number of hydrogen-bond donors (Lipinski definition) is 3. The van der Waals surface area contributed by atoms with Crippen LogP contribution in [0.25, 0.3) is 0 Å². The number of aliphatic hydroxyl groups excluding tert-OH is 1. The van der Waals surface area contributed by atoms with Crippen LogP contribution in [0, 0.1) is 0 Å². The van der Waals surface area contributed by atoms with E-state index in [1.54, 1.807) is 7.05 Å². The molecule has 9 heavy (non-hydrogen) atoms. The van der Waals surface area contributed by atoms with Crippen molar-refractivity contribution in [1.29, 1.82) is 0 Å². The molecule has 0 rings (SSSR count). The molecule has 4 nitrogen and oxygen atoms in total. The van der Waals surface area contributed by atoms with Crippen LogP contribution in [-0.4, -0.2) is 36.4 Å². The quantitative estimate of drug-likeness (QED) is 0.468. The number of carboxylic acid groups (broad SMARTS) is 1. The third-order valence-corrected chi connectivity index (χ3v) is 0.362. The number of carbonyl (C=O) groups is 1. The molecule has 0 radical (unpaired) electrons. The first-order valence-corrected chi connectivity index (χ1v) is 2.60. The predicted molar refractivity (Wildman–Crippen MR) is 34.3 cm³/mol. The van der Waals surface area contributed by atoms with Gasteiger partial charge in [-0.25, -0.2) is 0 Å². The molecule has 3 N–H and O–H groups in total. The van der Waals surface area contributed by atoms with Gasteiger partial charge in [0.25, 0.3) is 5.97 Å². The van der Waals surface area contributed by atoms with E-state index in [4.69, 9.17) is 15.0 Å². The van der Waals surface area contributed by atoms with Crippen LogP contribution < -0.4 is 5.32 Å². The van der Waals surface area contributed by atoms with Crippen molar-refractivity contribution < 1.29 is 15.0 Å². The van der Waals surface area contributed by atoms with Gasteiger partial charge in [0.1, 0.15) is 0 Å². The van der Waals surface area contributed by atoms with Crippen LogP contribution in [0.2, 0.25) is 0 Å². The number of likely N-dealkylation sites (N-methyl/N-ethyl adjacent to an activating group) is 1. The zero-order valence-electron chi connectivity index (χ0n) is 5.72. The predicted octanol–water partition coefficient (Wildman–Crippen LogP) is -0.711. The van der Waals surface area contributed by atoms with Gasteiger partial charge in [0.15, 0.2) is 0 Å². The minimum atomic E-state index is -0.833. The first-order chi connectivity index (χ1) is 4.15. The van der Waals surface area contributed by atoms with E-state index < -0.39 is 5.97 Å². The molecule has 0 fully saturated rings. The minimum Gasteiger partial charge on any atom is -0.481 e. The second-order valence-corrected chi connectivity index (χ2v) is 1.35. The summed E-state index contributed by atoms with van der Waals surface area (Å²) in [6.45, 7) is 2.01. The van der Waals surface area contributed by atoms with Gasteiger partial charge in [-0.05, 0) is 7.05 Å². The normalized spacial score (nSPS) is 7.44. The highest BCUT2D eigenvalue weighted by molar-refractivity contribution is 5.62. The fraction of sp³-hybridized carbons (Fsp3) is 0.800. The molecule has 0 aromatic heterocycles. The highest BCUT2D eigenvalue weighted by atomic mass is 16.4. The molecule has 0 aliphatic carbocycles. The molecule has 0 aromatic carbocycles. The summed E-state index contributed by atoms with van der Waals surface area (Å²) in [5, 5.41) is 18.2. The highest BCUT2D eigenvalue weighted by Crippen LogP contribution is 1.42. The molecule has 0 aliphatic heterocycles. The van der Waals surface area contributed by atoms with Gasteiger partial charge in [0.05, 0.1) is 6.61 Å². The summed E-state index contributed by atoms with van der Waals surface area (Å²) in [5.74, 6) is -0.833. The van der Waals surface area contributed by atoms with Gasteiger partial charge in [-0.15, -0.1) is 0 Å². The fourth-order valence-electron chi connectivity index (χ4n) is 0.112. The highest BCUT2D eigenvalue weighted by Gasteiger charge is 1.66. The molecule has 0 spiro atoms. The first-order valence-electron chi connectivity index (χ1n) is 2.60. The number of aliphatic carboxylic acids is 1. The standard InChI is InChI=1S/C3H9NO.C2H4O2/c1-4-2-3-5;1-2(3)4/h4-5H,2-3H2,1H3;1H3,(H,3,4). The summed E-state index contributed by atoms with van der Waals surface area (Å²) in [7, 11) is 1.80. The molecule has 0 aromatic rings. The minimum absolute atomic E-state index is 0.233. The Morgan fingerprint density at radius 2 is 2.00 bits per heavy atom. The molecular weight excluding hydrogens is 122 g/mol. The number of nitrogens with one attached hydrogen (secondary N) is 1. The van der Waals surface area contributed by atoms with Crippen molar-refractivity contribution >= 4 is 5.97 Å². The Labute approximate surface area is 54.5 Å². The maximum Gasteiger partial charge on any atom is 0.300 e. The lowest BCUT2D eigenvalue weighted by Gasteiger charge is -1.84. The molecule has 0 unspecified atom stereocenters. The number of rotatable bonds is 2. The van der Waals surface area contributed by atoms with Crippen molar-refractivity contribution in [1.82, 2.24) is 5.32 Å². The maximum absolute atomic E-state index is 9.00. The van der Waals surface area contributed by atoms with E-state index in [-0.39, 0.29) is 6.61 Å². The summed E-state index contributed by atoms with van der Waals surface area (Å²) in [6, 6.07) is 0. The van der Waals surface area contributed by atoms with Crippen molar-refractivity contribution in [2.24, 2.45) is 0 Å². The first kappa shape index (κ1) is 11.2. The topological polar surface area (TPSA) is 69.6 Å². The van der Waals surface area contributed by atoms with Gasteiger partial charge in [0.2, 0.25) is 0 Å². The summed E-state index contributed by atoms with van der Waals surface area (Å²) in [6.07, 6.45) is 0. The summed E-state index contributed by atoms with van der Waals surface area (Å²) >= 11 is 0. The van der Waals surface area contributed by atoms with E-state index in [1.807, 2.05) is 0 Å². The van der Waals surface area contributed by atoms with Gasteiger partial charge in [-0.3, -0.25) is 4.79 Å². The van der Waals surface area contributed by atoms with Gasteiger partial charge < -0.3 is 15.5 Å². The van der Waals surface area contributed by atoms with E-state index in [0.29, 0.717) is 6.54 Å². The number of aliphatic hydroxyl groups is 1.